The predicted octanol–water partition coefficient (Wildman–Crippen LogP) is 7.21. The molecule has 0 nitrogen and oxygen atoms in total. The third-order valence-electron chi connectivity index (χ3n) is 5.85. The van der Waals surface area contributed by atoms with Crippen molar-refractivity contribution in [3.63, 3.8) is 0 Å². The van der Waals surface area contributed by atoms with E-state index < -0.39 is 0 Å². The fourth-order valence-corrected chi connectivity index (χ4v) is 8.69. The Morgan fingerprint density at radius 1 is 1.30 bits per heavy atom. The van der Waals surface area contributed by atoms with E-state index in [1.165, 1.54) is 43.4 Å². The van der Waals surface area contributed by atoms with Crippen LogP contribution in [0.25, 0.3) is 0 Å². The van der Waals surface area contributed by atoms with E-state index in [2.05, 4.69) is 44.8 Å². The summed E-state index contributed by atoms with van der Waals surface area (Å²) in [6.07, 6.45) is 8.67. The van der Waals surface area contributed by atoms with Crippen LogP contribution in [-0.4, -0.2) is 0 Å². The van der Waals surface area contributed by atoms with Gasteiger partial charge in [0.2, 0.25) is 0 Å². The minimum Gasteiger partial charge on any atom is -0.126 e. The van der Waals surface area contributed by atoms with E-state index in [1.54, 1.807) is 11.3 Å². The maximum atomic E-state index is 6.26. The lowest BCUT2D eigenvalue weighted by Crippen LogP contribution is -2.52. The highest BCUT2D eigenvalue weighted by Crippen LogP contribution is 2.70. The molecule has 0 saturated heterocycles. The smallest absolute Gasteiger partial charge is 0.107 e. The molecule has 4 aliphatic carbocycles. The highest BCUT2D eigenvalue weighted by molar-refractivity contribution is 9.10. The first-order chi connectivity index (χ1) is 9.39. The van der Waals surface area contributed by atoms with Crippen molar-refractivity contribution in [1.29, 1.82) is 0 Å². The van der Waals surface area contributed by atoms with Crippen LogP contribution in [0.2, 0.25) is 4.34 Å². The maximum Gasteiger partial charge on any atom is 0.107 e. The van der Waals surface area contributed by atoms with Gasteiger partial charge >= 0.3 is 0 Å². The first-order valence-electron chi connectivity index (χ1n) is 7.48. The highest BCUT2D eigenvalue weighted by Gasteiger charge is 2.58. The van der Waals surface area contributed by atoms with Gasteiger partial charge in [0.15, 0.2) is 0 Å². The zero-order valence-corrected chi connectivity index (χ0v) is 16.3. The first kappa shape index (κ1) is 14.5. The third-order valence-corrected chi connectivity index (χ3v) is 10.2. The van der Waals surface area contributed by atoms with Gasteiger partial charge in [0, 0.05) is 9.35 Å². The second kappa shape index (κ2) is 4.72. The second-order valence-electron chi connectivity index (χ2n) is 7.77. The van der Waals surface area contributed by atoms with Crippen LogP contribution in [0.15, 0.2) is 10.5 Å². The molecule has 4 bridgehead atoms. The summed E-state index contributed by atoms with van der Waals surface area (Å²) in [5, 5.41) is 0. The fraction of sp³-hybridized carbons (Fsp3) is 0.750. The Labute approximate surface area is 146 Å². The number of hydrogen-bond acceptors (Lipinski definition) is 1. The summed E-state index contributed by atoms with van der Waals surface area (Å²) >= 11 is 15.6. The van der Waals surface area contributed by atoms with Crippen LogP contribution < -0.4 is 0 Å². The number of thiophene rings is 1. The normalized spacial score (nSPS) is 44.0. The quantitative estimate of drug-likeness (QED) is 0.428. The molecule has 0 N–H and O–H groups in total. The van der Waals surface area contributed by atoms with E-state index >= 15 is 0 Å². The second-order valence-corrected chi connectivity index (χ2v) is 11.2. The molecule has 1 aromatic rings. The van der Waals surface area contributed by atoms with Gasteiger partial charge in [-0.15, -0.1) is 11.3 Å². The number of rotatable bonds is 2. The molecule has 3 unspecified atom stereocenters. The van der Waals surface area contributed by atoms with Gasteiger partial charge in [0.05, 0.1) is 4.83 Å². The van der Waals surface area contributed by atoms with Gasteiger partial charge in [-0.05, 0) is 83.2 Å². The molecule has 0 aromatic carbocycles. The van der Waals surface area contributed by atoms with Crippen LogP contribution in [0.1, 0.15) is 55.2 Å². The van der Waals surface area contributed by atoms with Crippen LogP contribution in [0, 0.1) is 22.7 Å². The van der Waals surface area contributed by atoms with Gasteiger partial charge in [-0.1, -0.05) is 34.5 Å². The molecule has 0 aliphatic heterocycles. The van der Waals surface area contributed by atoms with Crippen molar-refractivity contribution in [2.75, 3.05) is 0 Å². The lowest BCUT2D eigenvalue weighted by Gasteiger charge is -2.62. The summed E-state index contributed by atoms with van der Waals surface area (Å²) in [4.78, 5) is 1.89. The Morgan fingerprint density at radius 2 is 1.95 bits per heavy atom. The molecule has 5 rings (SSSR count). The molecule has 1 aromatic heterocycles. The zero-order valence-electron chi connectivity index (χ0n) is 11.6. The Balaban J connectivity index is 1.70. The molecule has 0 radical (unpaired) electrons. The highest BCUT2D eigenvalue weighted by atomic mass is 79.9. The van der Waals surface area contributed by atoms with Crippen molar-refractivity contribution in [1.82, 2.24) is 0 Å². The Kier molecular flexibility index (Phi) is 3.43. The monoisotopic (exact) mass is 436 g/mol. The summed E-state index contributed by atoms with van der Waals surface area (Å²) in [6.45, 7) is 2.54. The van der Waals surface area contributed by atoms with Crippen molar-refractivity contribution < 1.29 is 0 Å². The predicted molar refractivity (Wildman–Crippen MR) is 93.9 cm³/mol. The molecule has 20 heavy (non-hydrogen) atoms. The molecule has 4 heteroatoms. The van der Waals surface area contributed by atoms with Gasteiger partial charge in [-0.3, -0.25) is 0 Å². The van der Waals surface area contributed by atoms with Gasteiger partial charge < -0.3 is 0 Å². The molecule has 1 heterocycles. The minimum atomic E-state index is 0.479. The molecule has 4 fully saturated rings. The first-order valence-corrected chi connectivity index (χ1v) is 10.4. The van der Waals surface area contributed by atoms with Gasteiger partial charge in [-0.25, -0.2) is 0 Å². The number of alkyl halides is 1. The molecule has 110 valence electrons. The van der Waals surface area contributed by atoms with Gasteiger partial charge in [0.1, 0.15) is 4.34 Å². The van der Waals surface area contributed by atoms with E-state index in [1.807, 2.05) is 0 Å². The van der Waals surface area contributed by atoms with Crippen LogP contribution in [0.5, 0.6) is 0 Å². The largest absolute Gasteiger partial charge is 0.126 e. The van der Waals surface area contributed by atoms with E-state index in [0.29, 0.717) is 15.7 Å². The fourth-order valence-electron chi connectivity index (χ4n) is 5.88. The van der Waals surface area contributed by atoms with E-state index in [-0.39, 0.29) is 0 Å². The van der Waals surface area contributed by atoms with E-state index in [9.17, 15) is 0 Å². The van der Waals surface area contributed by atoms with E-state index in [4.69, 9.17) is 11.6 Å². The van der Waals surface area contributed by atoms with Crippen molar-refractivity contribution in [3.05, 3.63) is 19.8 Å². The van der Waals surface area contributed by atoms with Crippen LogP contribution in [-0.2, 0) is 0 Å². The van der Waals surface area contributed by atoms with E-state index in [0.717, 1.165) is 20.6 Å². The van der Waals surface area contributed by atoms with Crippen LogP contribution >= 0.6 is 54.8 Å². The topological polar surface area (TPSA) is 0 Å². The van der Waals surface area contributed by atoms with Crippen molar-refractivity contribution in [2.24, 2.45) is 22.7 Å². The van der Waals surface area contributed by atoms with Gasteiger partial charge in [0.25, 0.3) is 0 Å². The molecule has 4 aliphatic rings. The SMILES string of the molecule is CC12CC3CC(C1)CC(C(Br)c1cc(Br)c(Cl)s1)(C3)C2. The molecule has 0 amide bonds. The lowest BCUT2D eigenvalue weighted by molar-refractivity contribution is -0.101. The molecule has 4 saturated carbocycles. The zero-order chi connectivity index (χ0) is 14.1. The van der Waals surface area contributed by atoms with Crippen molar-refractivity contribution in [3.8, 4) is 0 Å². The maximum absolute atomic E-state index is 6.26. The van der Waals surface area contributed by atoms with Crippen LogP contribution in [0.3, 0.4) is 0 Å². The summed E-state index contributed by atoms with van der Waals surface area (Å²) < 4.78 is 1.94. The summed E-state index contributed by atoms with van der Waals surface area (Å²) in [5.74, 6) is 1.94. The standard InChI is InChI=1S/C16H19Br2ClS/c1-15-4-9-2-10(5-15)7-16(6-9,8-15)13(18)12-3-11(17)14(19)20-12/h3,9-10,13H,2,4-8H2,1H3. The number of hydrogen-bond donors (Lipinski definition) is 0. The Bertz CT molecular complexity index is 519. The van der Waals surface area contributed by atoms with Crippen LogP contribution in [0.4, 0.5) is 0 Å². The van der Waals surface area contributed by atoms with Crippen molar-refractivity contribution >= 4 is 54.8 Å². The number of halogens is 3. The Morgan fingerprint density at radius 3 is 2.45 bits per heavy atom. The van der Waals surface area contributed by atoms with Crippen molar-refractivity contribution in [2.45, 2.75) is 50.3 Å². The average molecular weight is 439 g/mol. The molecule has 0 spiro atoms. The summed E-state index contributed by atoms with van der Waals surface area (Å²) in [7, 11) is 0. The lowest BCUT2D eigenvalue weighted by atomic mass is 9.44. The molecular formula is C16H19Br2ClS. The summed E-state index contributed by atoms with van der Waals surface area (Å²) in [5.41, 5.74) is 1.08. The van der Waals surface area contributed by atoms with Gasteiger partial charge in [-0.2, -0.15) is 0 Å². The molecule has 3 atom stereocenters. The third kappa shape index (κ3) is 2.18. The molecular weight excluding hydrogens is 420 g/mol. The summed E-state index contributed by atoms with van der Waals surface area (Å²) in [6, 6.07) is 2.23. The Hall–Kier alpha value is 0.950. The minimum absolute atomic E-state index is 0.479. The average Bonchev–Trinajstić information content (AvgIpc) is 2.65.